The Morgan fingerprint density at radius 1 is 0.509 bits per heavy atom. The summed E-state index contributed by atoms with van der Waals surface area (Å²) in [6, 6.07) is 54.8. The van der Waals surface area contributed by atoms with Gasteiger partial charge in [-0.15, -0.1) is 22.7 Å². The standard InChI is InChI=1S/C49H28IN3S2/c1-2-11-32(12-3-1)49-51-44(48-45(52-49)36-15-6-9-19-40(36)55-48)31-22-20-29(21-23-31)30-24-26-33(27-25-30)53-38-17-7-4-13-34(38)41-43-37(16-10-28-50-43)47-42(46(41)53)35-14-5-8-18-39(35)54-47/h1-28H. The molecule has 11 aromatic rings. The maximum atomic E-state index is 5.19. The first-order chi connectivity index (χ1) is 27.3. The van der Waals surface area contributed by atoms with Gasteiger partial charge in [-0.25, -0.2) is 9.97 Å². The average Bonchev–Trinajstić information content (AvgIpc) is 3.94. The Morgan fingerprint density at radius 3 is 1.95 bits per heavy atom. The number of nitrogens with zero attached hydrogens (tertiary/aromatic N) is 3. The number of rotatable bonds is 4. The second-order valence-electron chi connectivity index (χ2n) is 13.9. The van der Waals surface area contributed by atoms with Gasteiger partial charge < -0.3 is 4.57 Å². The zero-order valence-corrected chi connectivity index (χ0v) is 33.0. The Morgan fingerprint density at radius 2 is 1.15 bits per heavy atom. The van der Waals surface area contributed by atoms with Gasteiger partial charge in [0, 0.05) is 67.0 Å². The third kappa shape index (κ3) is 4.81. The van der Waals surface area contributed by atoms with Crippen molar-refractivity contribution in [2.75, 3.05) is 0 Å². The van der Waals surface area contributed by atoms with Crippen molar-refractivity contribution in [2.45, 2.75) is 0 Å². The lowest BCUT2D eigenvalue weighted by Gasteiger charge is -2.13. The summed E-state index contributed by atoms with van der Waals surface area (Å²) in [5.74, 6) is 0.751. The van der Waals surface area contributed by atoms with E-state index < -0.39 is 0 Å². The molecule has 0 fully saturated rings. The Hall–Kier alpha value is -5.80. The van der Waals surface area contributed by atoms with Crippen LogP contribution in [-0.2, 0) is 0 Å². The molecule has 0 atom stereocenters. The number of para-hydroxylation sites is 1. The van der Waals surface area contributed by atoms with E-state index in [0.29, 0.717) is 0 Å². The van der Waals surface area contributed by atoms with E-state index in [-0.39, 0.29) is 20.7 Å². The summed E-state index contributed by atoms with van der Waals surface area (Å²) in [5, 5.41) is 6.63. The number of benzene rings is 7. The molecule has 0 unspecified atom stereocenters. The smallest absolute Gasteiger partial charge is 0.160 e. The molecule has 0 bridgehead atoms. The van der Waals surface area contributed by atoms with Crippen LogP contribution in [0.4, 0.5) is 0 Å². The van der Waals surface area contributed by atoms with Crippen molar-refractivity contribution in [1.29, 1.82) is 0 Å². The van der Waals surface area contributed by atoms with Crippen LogP contribution in [-0.4, -0.2) is 18.5 Å². The first kappa shape index (κ1) is 31.5. The first-order valence-corrected chi connectivity index (χ1v) is 22.2. The van der Waals surface area contributed by atoms with Crippen LogP contribution < -0.4 is 0 Å². The molecule has 0 aliphatic carbocycles. The van der Waals surface area contributed by atoms with Gasteiger partial charge in [0.25, 0.3) is 0 Å². The zero-order chi connectivity index (χ0) is 36.0. The van der Waals surface area contributed by atoms with E-state index in [9.17, 15) is 0 Å². The Labute approximate surface area is 334 Å². The minimum atomic E-state index is -0.256. The molecule has 7 aromatic carbocycles. The Kier molecular flexibility index (Phi) is 7.09. The third-order valence-electron chi connectivity index (χ3n) is 10.8. The molecule has 4 aromatic heterocycles. The number of aromatic nitrogens is 3. The second kappa shape index (κ2) is 12.4. The fourth-order valence-electron chi connectivity index (χ4n) is 8.29. The molecule has 1 aliphatic rings. The molecule has 6 heteroatoms. The van der Waals surface area contributed by atoms with Gasteiger partial charge in [-0.3, -0.25) is 0 Å². The van der Waals surface area contributed by atoms with Crippen LogP contribution in [0.15, 0.2) is 158 Å². The van der Waals surface area contributed by atoms with Crippen LogP contribution >= 0.6 is 43.4 Å². The number of hydrogen-bond acceptors (Lipinski definition) is 4. The van der Waals surface area contributed by atoms with Gasteiger partial charge in [0.2, 0.25) is 0 Å². The minimum absolute atomic E-state index is 0.256. The maximum absolute atomic E-state index is 5.19. The van der Waals surface area contributed by atoms with Crippen molar-refractivity contribution in [1.82, 2.24) is 14.5 Å². The molecule has 0 radical (unpaired) electrons. The molecular formula is C49H28IN3S2. The summed E-state index contributed by atoms with van der Waals surface area (Å²) in [6.45, 7) is 0. The van der Waals surface area contributed by atoms with Gasteiger partial charge in [-0.2, -0.15) is 0 Å². The molecule has 0 saturated carbocycles. The molecule has 0 N–H and O–H groups in total. The highest BCUT2D eigenvalue weighted by Gasteiger charge is 2.24. The highest BCUT2D eigenvalue weighted by atomic mass is 127. The van der Waals surface area contributed by atoms with Gasteiger partial charge in [-0.1, -0.05) is 154 Å². The van der Waals surface area contributed by atoms with E-state index in [2.05, 4.69) is 154 Å². The lowest BCUT2D eigenvalue weighted by molar-refractivity contribution is 1.19. The molecule has 1 aliphatic heterocycles. The summed E-state index contributed by atoms with van der Waals surface area (Å²) in [5.41, 5.74) is 11.6. The topological polar surface area (TPSA) is 30.7 Å². The van der Waals surface area contributed by atoms with Gasteiger partial charge in [0.1, 0.15) is 0 Å². The minimum Gasteiger partial charge on any atom is -0.309 e. The highest BCUT2D eigenvalue weighted by molar-refractivity contribution is 14.2. The van der Waals surface area contributed by atoms with Crippen molar-refractivity contribution < 1.29 is 0 Å². The fraction of sp³-hybridized carbons (Fsp3) is 0. The molecule has 258 valence electrons. The van der Waals surface area contributed by atoms with Crippen LogP contribution in [0, 0.1) is 3.57 Å². The Balaban J connectivity index is 0.996. The normalized spacial score (nSPS) is 12.7. The lowest BCUT2D eigenvalue weighted by Crippen LogP contribution is -1.96. The van der Waals surface area contributed by atoms with E-state index in [1.807, 2.05) is 29.5 Å². The zero-order valence-electron chi connectivity index (χ0n) is 29.2. The summed E-state index contributed by atoms with van der Waals surface area (Å²) in [4.78, 5) is 10.3. The van der Waals surface area contributed by atoms with Crippen LogP contribution in [0.2, 0.25) is 0 Å². The summed E-state index contributed by atoms with van der Waals surface area (Å²) in [6.07, 6.45) is 4.62. The van der Waals surface area contributed by atoms with E-state index in [1.165, 1.54) is 78.0 Å². The third-order valence-corrected chi connectivity index (χ3v) is 15.7. The van der Waals surface area contributed by atoms with Gasteiger partial charge in [-0.05, 0) is 45.5 Å². The van der Waals surface area contributed by atoms with Crippen molar-refractivity contribution in [3.63, 3.8) is 0 Å². The Bertz CT molecular complexity index is 3410. The number of thiophene rings is 2. The van der Waals surface area contributed by atoms with E-state index in [4.69, 9.17) is 9.97 Å². The SMILES string of the molecule is C1=Cc2c(c3c4ccccc4n(-c4ccc(-c5ccc(-c6nc(-c7ccccc7)nc7c6sc6ccccc67)cc5)cc4)c3c3c2sc2ccccc23)I=C1. The van der Waals surface area contributed by atoms with Crippen LogP contribution in [0.25, 0.3) is 108 Å². The lowest BCUT2D eigenvalue weighted by atomic mass is 10.0. The van der Waals surface area contributed by atoms with Crippen molar-refractivity contribution in [3.8, 4) is 39.5 Å². The molecule has 55 heavy (non-hydrogen) atoms. The van der Waals surface area contributed by atoms with Gasteiger partial charge in [0.05, 0.1) is 26.9 Å². The first-order valence-electron chi connectivity index (χ1n) is 18.3. The molecule has 0 spiro atoms. The predicted octanol–water partition coefficient (Wildman–Crippen LogP) is 14.3. The molecular weight excluding hydrogens is 822 g/mol. The quantitative estimate of drug-likeness (QED) is 0.165. The van der Waals surface area contributed by atoms with Crippen molar-refractivity contribution in [3.05, 3.63) is 167 Å². The van der Waals surface area contributed by atoms with E-state index in [0.717, 1.165) is 32.9 Å². The number of halogens is 1. The van der Waals surface area contributed by atoms with E-state index in [1.54, 1.807) is 11.3 Å². The summed E-state index contributed by atoms with van der Waals surface area (Å²) < 4.78 is 11.6. The van der Waals surface area contributed by atoms with E-state index >= 15 is 0 Å². The second-order valence-corrected chi connectivity index (χ2v) is 18.4. The fourth-order valence-corrected chi connectivity index (χ4v) is 13.3. The van der Waals surface area contributed by atoms with Crippen LogP contribution in [0.3, 0.4) is 0 Å². The average molecular weight is 850 g/mol. The highest BCUT2D eigenvalue weighted by Crippen LogP contribution is 2.49. The molecule has 12 rings (SSSR count). The van der Waals surface area contributed by atoms with Gasteiger partial charge >= 0.3 is 0 Å². The molecule has 3 nitrogen and oxygen atoms in total. The monoisotopic (exact) mass is 849 g/mol. The number of allylic oxidation sites excluding steroid dienone is 1. The van der Waals surface area contributed by atoms with Gasteiger partial charge in [0.15, 0.2) is 5.82 Å². The molecule has 0 saturated heterocycles. The van der Waals surface area contributed by atoms with Crippen LogP contribution in [0.1, 0.15) is 5.56 Å². The number of hydrogen-bond donors (Lipinski definition) is 0. The van der Waals surface area contributed by atoms with Crippen molar-refractivity contribution >= 4 is 116 Å². The maximum Gasteiger partial charge on any atom is 0.160 e. The van der Waals surface area contributed by atoms with Crippen LogP contribution in [0.5, 0.6) is 0 Å². The summed E-state index contributed by atoms with van der Waals surface area (Å²) in [7, 11) is 0. The summed E-state index contributed by atoms with van der Waals surface area (Å²) >= 11 is 3.45. The molecule has 5 heterocycles. The predicted molar refractivity (Wildman–Crippen MR) is 246 cm³/mol. The van der Waals surface area contributed by atoms with Crippen molar-refractivity contribution in [2.24, 2.45) is 0 Å². The largest absolute Gasteiger partial charge is 0.309 e. The number of fused-ring (bicyclic) bond motifs is 13. The molecule has 0 amide bonds.